The van der Waals surface area contributed by atoms with Crippen LogP contribution in [0.5, 0.6) is 0 Å². The van der Waals surface area contributed by atoms with E-state index in [1.807, 2.05) is 0 Å². The SMILES string of the molecule is CC(CN(C)C(=O)Nc1nc2c(s1)CCCCCC2)C(=O)O. The summed E-state index contributed by atoms with van der Waals surface area (Å²) < 4.78 is 0. The summed E-state index contributed by atoms with van der Waals surface area (Å²) >= 11 is 1.54. The van der Waals surface area contributed by atoms with E-state index >= 15 is 0 Å². The van der Waals surface area contributed by atoms with Gasteiger partial charge in [0.05, 0.1) is 11.6 Å². The zero-order valence-electron chi connectivity index (χ0n) is 13.1. The first-order chi connectivity index (χ1) is 10.5. The van der Waals surface area contributed by atoms with E-state index in [2.05, 4.69) is 10.3 Å². The highest BCUT2D eigenvalue weighted by molar-refractivity contribution is 7.15. The number of fused-ring (bicyclic) bond motifs is 1. The minimum atomic E-state index is -0.906. The Morgan fingerprint density at radius 3 is 2.68 bits per heavy atom. The summed E-state index contributed by atoms with van der Waals surface area (Å²) in [5.41, 5.74) is 1.11. The van der Waals surface area contributed by atoms with Gasteiger partial charge in [0.15, 0.2) is 5.13 Å². The van der Waals surface area contributed by atoms with E-state index in [0.29, 0.717) is 5.13 Å². The van der Waals surface area contributed by atoms with Crippen molar-refractivity contribution in [2.45, 2.75) is 45.4 Å². The van der Waals surface area contributed by atoms with Gasteiger partial charge in [-0.15, -0.1) is 11.3 Å². The Morgan fingerprint density at radius 1 is 1.32 bits per heavy atom. The zero-order chi connectivity index (χ0) is 16.1. The van der Waals surface area contributed by atoms with Crippen molar-refractivity contribution in [3.63, 3.8) is 0 Å². The Morgan fingerprint density at radius 2 is 2.00 bits per heavy atom. The molecule has 1 atom stereocenters. The molecule has 0 bridgehead atoms. The summed E-state index contributed by atoms with van der Waals surface area (Å²) in [7, 11) is 1.60. The number of nitrogens with one attached hydrogen (secondary N) is 1. The molecule has 0 saturated heterocycles. The molecule has 122 valence electrons. The van der Waals surface area contributed by atoms with E-state index in [9.17, 15) is 9.59 Å². The number of thiazole rings is 1. The maximum Gasteiger partial charge on any atom is 0.323 e. The second-order valence-electron chi connectivity index (χ2n) is 5.85. The molecule has 7 heteroatoms. The standard InChI is InChI=1S/C15H23N3O3S/c1-10(13(19)20)9-18(2)15(21)17-14-16-11-7-5-3-4-6-8-12(11)22-14/h10H,3-9H2,1-2H3,(H,19,20)(H,16,17,21). The van der Waals surface area contributed by atoms with Crippen LogP contribution in [0.4, 0.5) is 9.93 Å². The number of carboxylic acids is 1. The highest BCUT2D eigenvalue weighted by Gasteiger charge is 2.19. The van der Waals surface area contributed by atoms with Crippen molar-refractivity contribution in [3.8, 4) is 0 Å². The second kappa shape index (κ2) is 7.58. The Labute approximate surface area is 134 Å². The monoisotopic (exact) mass is 325 g/mol. The quantitative estimate of drug-likeness (QED) is 0.891. The van der Waals surface area contributed by atoms with Crippen LogP contribution in [0.25, 0.3) is 0 Å². The molecule has 2 amide bonds. The predicted octanol–water partition coefficient (Wildman–Crippen LogP) is 2.99. The minimum absolute atomic E-state index is 0.173. The van der Waals surface area contributed by atoms with Gasteiger partial charge >= 0.3 is 12.0 Å². The Kier molecular flexibility index (Phi) is 5.76. The van der Waals surface area contributed by atoms with Gasteiger partial charge in [0.1, 0.15) is 0 Å². The number of carbonyl (C=O) groups excluding carboxylic acids is 1. The van der Waals surface area contributed by atoms with Crippen molar-refractivity contribution in [3.05, 3.63) is 10.6 Å². The van der Waals surface area contributed by atoms with Crippen LogP contribution in [-0.2, 0) is 17.6 Å². The fourth-order valence-corrected chi connectivity index (χ4v) is 3.56. The van der Waals surface area contributed by atoms with Crippen LogP contribution in [0.15, 0.2) is 0 Å². The van der Waals surface area contributed by atoms with Crippen LogP contribution in [0.3, 0.4) is 0 Å². The number of amides is 2. The lowest BCUT2D eigenvalue weighted by atomic mass is 10.0. The number of urea groups is 1. The van der Waals surface area contributed by atoms with Gasteiger partial charge in [0, 0.05) is 18.5 Å². The van der Waals surface area contributed by atoms with Gasteiger partial charge in [-0.05, 0) is 25.7 Å². The fourth-order valence-electron chi connectivity index (χ4n) is 2.52. The number of aliphatic carboxylic acids is 1. The summed E-state index contributed by atoms with van der Waals surface area (Å²) in [6.07, 6.45) is 6.85. The second-order valence-corrected chi connectivity index (χ2v) is 6.94. The van der Waals surface area contributed by atoms with Crippen LogP contribution in [0.1, 0.15) is 43.2 Å². The van der Waals surface area contributed by atoms with Crippen LogP contribution in [0, 0.1) is 5.92 Å². The molecule has 1 aliphatic rings. The zero-order valence-corrected chi connectivity index (χ0v) is 13.9. The molecule has 1 unspecified atom stereocenters. The van der Waals surface area contributed by atoms with E-state index in [1.54, 1.807) is 25.3 Å². The molecular weight excluding hydrogens is 302 g/mol. The van der Waals surface area contributed by atoms with E-state index < -0.39 is 11.9 Å². The van der Waals surface area contributed by atoms with Crippen LogP contribution in [0.2, 0.25) is 0 Å². The number of nitrogens with zero attached hydrogens (tertiary/aromatic N) is 2. The van der Waals surface area contributed by atoms with Crippen molar-refractivity contribution < 1.29 is 14.7 Å². The largest absolute Gasteiger partial charge is 0.481 e. The summed E-state index contributed by atoms with van der Waals surface area (Å²) in [5.74, 6) is -1.50. The third kappa shape index (κ3) is 4.43. The van der Waals surface area contributed by atoms with E-state index in [-0.39, 0.29) is 12.6 Å². The summed E-state index contributed by atoms with van der Waals surface area (Å²) in [5, 5.41) is 12.3. The Balaban J connectivity index is 1.96. The summed E-state index contributed by atoms with van der Waals surface area (Å²) in [6, 6.07) is -0.310. The molecule has 2 N–H and O–H groups in total. The topological polar surface area (TPSA) is 82.5 Å². The molecule has 1 aromatic rings. The van der Waals surface area contributed by atoms with Crippen molar-refractivity contribution >= 4 is 28.5 Å². The lowest BCUT2D eigenvalue weighted by Gasteiger charge is -2.19. The molecule has 1 aliphatic carbocycles. The fraction of sp³-hybridized carbons (Fsp3) is 0.667. The molecule has 0 spiro atoms. The molecule has 0 aromatic carbocycles. The molecule has 2 rings (SSSR count). The average molecular weight is 325 g/mol. The maximum absolute atomic E-state index is 12.1. The molecular formula is C15H23N3O3S. The first-order valence-corrected chi connectivity index (χ1v) is 8.52. The summed E-state index contributed by atoms with van der Waals surface area (Å²) in [6.45, 7) is 1.76. The molecule has 1 aromatic heterocycles. The Hall–Kier alpha value is -1.63. The number of carboxylic acid groups (broad SMARTS) is 1. The number of hydrogen-bond acceptors (Lipinski definition) is 4. The number of rotatable bonds is 4. The smallest absolute Gasteiger partial charge is 0.323 e. The molecule has 6 nitrogen and oxygen atoms in total. The molecule has 0 radical (unpaired) electrons. The van der Waals surface area contributed by atoms with E-state index in [0.717, 1.165) is 25.0 Å². The van der Waals surface area contributed by atoms with Gasteiger partial charge < -0.3 is 10.0 Å². The predicted molar refractivity (Wildman–Crippen MR) is 86.4 cm³/mol. The highest BCUT2D eigenvalue weighted by Crippen LogP contribution is 2.28. The third-order valence-electron chi connectivity index (χ3n) is 3.88. The third-order valence-corrected chi connectivity index (χ3v) is 4.95. The van der Waals surface area contributed by atoms with Gasteiger partial charge in [-0.2, -0.15) is 0 Å². The van der Waals surface area contributed by atoms with Gasteiger partial charge in [0.25, 0.3) is 0 Å². The number of carbonyl (C=O) groups is 2. The lowest BCUT2D eigenvalue weighted by molar-refractivity contribution is -0.141. The minimum Gasteiger partial charge on any atom is -0.481 e. The molecule has 0 aliphatic heterocycles. The van der Waals surface area contributed by atoms with Gasteiger partial charge in [-0.25, -0.2) is 9.78 Å². The van der Waals surface area contributed by atoms with Crippen molar-refractivity contribution in [1.82, 2.24) is 9.88 Å². The summed E-state index contributed by atoms with van der Waals surface area (Å²) in [4.78, 5) is 30.1. The van der Waals surface area contributed by atoms with Crippen LogP contribution in [-0.4, -0.2) is 40.6 Å². The number of aromatic nitrogens is 1. The first-order valence-electron chi connectivity index (χ1n) is 7.71. The number of aryl methyl sites for hydroxylation is 2. The molecule has 0 saturated carbocycles. The van der Waals surface area contributed by atoms with Crippen molar-refractivity contribution in [1.29, 1.82) is 0 Å². The van der Waals surface area contributed by atoms with Crippen LogP contribution < -0.4 is 5.32 Å². The molecule has 22 heavy (non-hydrogen) atoms. The lowest BCUT2D eigenvalue weighted by Crippen LogP contribution is -2.36. The number of anilines is 1. The van der Waals surface area contributed by atoms with E-state index in [1.165, 1.54) is 29.0 Å². The highest BCUT2D eigenvalue weighted by atomic mass is 32.1. The van der Waals surface area contributed by atoms with Gasteiger partial charge in [0.2, 0.25) is 0 Å². The van der Waals surface area contributed by atoms with Crippen molar-refractivity contribution in [2.24, 2.45) is 5.92 Å². The van der Waals surface area contributed by atoms with Gasteiger partial charge in [-0.3, -0.25) is 10.1 Å². The van der Waals surface area contributed by atoms with Crippen LogP contribution >= 0.6 is 11.3 Å². The first kappa shape index (κ1) is 16.7. The maximum atomic E-state index is 12.1. The Bertz CT molecular complexity index is 519. The van der Waals surface area contributed by atoms with Crippen molar-refractivity contribution in [2.75, 3.05) is 18.9 Å². The molecule has 1 heterocycles. The molecule has 0 fully saturated rings. The van der Waals surface area contributed by atoms with E-state index in [4.69, 9.17) is 5.11 Å². The van der Waals surface area contributed by atoms with Gasteiger partial charge in [-0.1, -0.05) is 19.8 Å². The average Bonchev–Trinajstić information content (AvgIpc) is 2.79. The normalized spacial score (nSPS) is 16.1. The number of hydrogen-bond donors (Lipinski definition) is 2.